The number of carbonyl (C=O) groups excluding carboxylic acids is 2. The van der Waals surface area contributed by atoms with E-state index in [1.54, 1.807) is 24.3 Å². The largest absolute Gasteiger partial charge is 0.449 e. The topological polar surface area (TPSA) is 111 Å². The summed E-state index contributed by atoms with van der Waals surface area (Å²) in [6.07, 6.45) is 4.85. The van der Waals surface area contributed by atoms with Crippen LogP contribution >= 0.6 is 22.7 Å². The number of aliphatic hydroxyl groups excluding tert-OH is 1. The fourth-order valence-corrected chi connectivity index (χ4v) is 5.12. The van der Waals surface area contributed by atoms with E-state index in [2.05, 4.69) is 16.7 Å². The molecule has 7 nitrogen and oxygen atoms in total. The second-order valence-electron chi connectivity index (χ2n) is 7.13. The zero-order chi connectivity index (χ0) is 21.5. The maximum atomic E-state index is 12.3. The van der Waals surface area contributed by atoms with Crippen LogP contribution < -0.4 is 10.6 Å². The summed E-state index contributed by atoms with van der Waals surface area (Å²) in [5.41, 5.74) is 2.47. The third-order valence-electron chi connectivity index (χ3n) is 4.77. The maximum absolute atomic E-state index is 12.3. The predicted octanol–water partition coefficient (Wildman–Crippen LogP) is 3.55. The molecule has 30 heavy (non-hydrogen) atoms. The summed E-state index contributed by atoms with van der Waals surface area (Å²) in [5.74, 6) is -0.120. The van der Waals surface area contributed by atoms with E-state index >= 15 is 0 Å². The molecule has 0 aliphatic heterocycles. The van der Waals surface area contributed by atoms with Gasteiger partial charge in [-0.05, 0) is 66.1 Å². The Bertz CT molecular complexity index is 960. The number of aliphatic hydroxyl groups is 1. The van der Waals surface area contributed by atoms with Crippen molar-refractivity contribution in [1.82, 2.24) is 5.32 Å². The second kappa shape index (κ2) is 10.4. The number of nitrogens with zero attached hydrogens (tertiary/aromatic N) is 1. The summed E-state index contributed by atoms with van der Waals surface area (Å²) in [4.78, 5) is 25.0. The molecule has 1 aliphatic rings. The van der Waals surface area contributed by atoms with Crippen LogP contribution in [0.2, 0.25) is 0 Å². The predicted molar refractivity (Wildman–Crippen MR) is 118 cm³/mol. The van der Waals surface area contributed by atoms with Gasteiger partial charge in [-0.15, -0.1) is 11.3 Å². The smallest absolute Gasteiger partial charge is 0.407 e. The number of fused-ring (bicyclic) bond motifs is 1. The lowest BCUT2D eigenvalue weighted by atomic mass is 9.88. The third-order valence-corrected chi connectivity index (χ3v) is 6.65. The molecule has 0 bridgehead atoms. The van der Waals surface area contributed by atoms with E-state index in [4.69, 9.17) is 9.84 Å². The van der Waals surface area contributed by atoms with Crippen LogP contribution in [0.5, 0.6) is 0 Å². The Morgan fingerprint density at radius 1 is 1.50 bits per heavy atom. The molecule has 2 aromatic heterocycles. The van der Waals surface area contributed by atoms with Crippen molar-refractivity contribution >= 4 is 45.8 Å². The lowest BCUT2D eigenvalue weighted by Gasteiger charge is -2.22. The molecule has 2 unspecified atom stereocenters. The van der Waals surface area contributed by atoms with Crippen molar-refractivity contribution in [1.29, 1.82) is 5.26 Å². The number of anilines is 1. The first-order chi connectivity index (χ1) is 14.5. The molecule has 0 spiro atoms. The number of hydrogen-bond donors (Lipinski definition) is 3. The van der Waals surface area contributed by atoms with Crippen molar-refractivity contribution in [2.24, 2.45) is 5.92 Å². The monoisotopic (exact) mass is 445 g/mol. The molecule has 1 aliphatic carbocycles. The second-order valence-corrected chi connectivity index (χ2v) is 9.02. The SMILES string of the molecule is CC(CO)NC(=O)OCC1CCc2c(sc(NC(=O)C=Cc3ccsc3)c2C#N)C1. The Morgan fingerprint density at radius 3 is 3.03 bits per heavy atom. The van der Waals surface area contributed by atoms with Crippen molar-refractivity contribution in [2.75, 3.05) is 18.5 Å². The van der Waals surface area contributed by atoms with E-state index in [9.17, 15) is 14.9 Å². The molecule has 0 saturated heterocycles. The zero-order valence-corrected chi connectivity index (χ0v) is 18.1. The summed E-state index contributed by atoms with van der Waals surface area (Å²) in [5, 5.41) is 28.4. The summed E-state index contributed by atoms with van der Waals surface area (Å²) in [6.45, 7) is 1.81. The molecule has 0 radical (unpaired) electrons. The minimum absolute atomic E-state index is 0.148. The molecule has 0 fully saturated rings. The fourth-order valence-electron chi connectivity index (χ4n) is 3.18. The number of hydrogen-bond acceptors (Lipinski definition) is 7. The number of amides is 2. The van der Waals surface area contributed by atoms with E-state index < -0.39 is 6.09 Å². The zero-order valence-electron chi connectivity index (χ0n) is 16.5. The van der Waals surface area contributed by atoms with E-state index in [-0.39, 0.29) is 31.1 Å². The molecule has 2 amide bonds. The lowest BCUT2D eigenvalue weighted by molar-refractivity contribution is -0.111. The van der Waals surface area contributed by atoms with Crippen LogP contribution in [0.1, 0.15) is 34.9 Å². The molecule has 0 saturated carbocycles. The first-order valence-electron chi connectivity index (χ1n) is 9.60. The van der Waals surface area contributed by atoms with Crippen LogP contribution in [0, 0.1) is 17.2 Å². The minimum Gasteiger partial charge on any atom is -0.449 e. The fraction of sp³-hybridized carbons (Fsp3) is 0.381. The van der Waals surface area contributed by atoms with Gasteiger partial charge in [-0.1, -0.05) is 0 Å². The number of thiophene rings is 2. The van der Waals surface area contributed by atoms with Crippen molar-refractivity contribution in [3.05, 3.63) is 44.5 Å². The number of nitrogens with one attached hydrogen (secondary N) is 2. The van der Waals surface area contributed by atoms with E-state index in [1.165, 1.54) is 17.4 Å². The van der Waals surface area contributed by atoms with Gasteiger partial charge in [-0.25, -0.2) is 4.79 Å². The van der Waals surface area contributed by atoms with Crippen molar-refractivity contribution in [3.8, 4) is 6.07 Å². The number of nitriles is 1. The van der Waals surface area contributed by atoms with Gasteiger partial charge in [0.25, 0.3) is 0 Å². The number of carbonyl (C=O) groups is 2. The highest BCUT2D eigenvalue weighted by Gasteiger charge is 2.27. The van der Waals surface area contributed by atoms with Gasteiger partial charge in [0.1, 0.15) is 11.1 Å². The summed E-state index contributed by atoms with van der Waals surface area (Å²) < 4.78 is 5.26. The van der Waals surface area contributed by atoms with Gasteiger partial charge in [-0.2, -0.15) is 16.6 Å². The summed E-state index contributed by atoms with van der Waals surface area (Å²) in [7, 11) is 0. The van der Waals surface area contributed by atoms with Crippen molar-refractivity contribution in [3.63, 3.8) is 0 Å². The van der Waals surface area contributed by atoms with Crippen LogP contribution in [0.25, 0.3) is 6.08 Å². The Balaban J connectivity index is 1.60. The van der Waals surface area contributed by atoms with Gasteiger partial charge in [0.15, 0.2) is 0 Å². The van der Waals surface area contributed by atoms with Crippen molar-refractivity contribution in [2.45, 2.75) is 32.2 Å². The maximum Gasteiger partial charge on any atom is 0.407 e. The number of ether oxygens (including phenoxy) is 1. The highest BCUT2D eigenvalue weighted by Crippen LogP contribution is 2.39. The summed E-state index contributed by atoms with van der Waals surface area (Å²) in [6, 6.07) is 3.79. The van der Waals surface area contributed by atoms with Crippen LogP contribution in [-0.2, 0) is 22.4 Å². The van der Waals surface area contributed by atoms with Gasteiger partial charge in [0, 0.05) is 11.0 Å². The Kier molecular flexibility index (Phi) is 7.63. The van der Waals surface area contributed by atoms with E-state index in [0.29, 0.717) is 23.4 Å². The van der Waals surface area contributed by atoms with Gasteiger partial charge < -0.3 is 20.5 Å². The number of alkyl carbamates (subject to hydrolysis) is 1. The van der Waals surface area contributed by atoms with Gasteiger partial charge in [0.2, 0.25) is 5.91 Å². The molecule has 0 aromatic carbocycles. The highest BCUT2D eigenvalue weighted by atomic mass is 32.1. The molecule has 2 atom stereocenters. The lowest BCUT2D eigenvalue weighted by Crippen LogP contribution is -2.36. The van der Waals surface area contributed by atoms with Crippen molar-refractivity contribution < 1.29 is 19.4 Å². The van der Waals surface area contributed by atoms with Gasteiger partial charge in [0.05, 0.1) is 24.8 Å². The molecular weight excluding hydrogens is 422 g/mol. The first kappa shape index (κ1) is 22.0. The molecule has 9 heteroatoms. The standard InChI is InChI=1S/C21H23N3O4S2/c1-13(10-25)23-21(27)28-11-15-2-4-16-17(9-22)20(30-18(16)8-15)24-19(26)5-3-14-6-7-29-12-14/h3,5-7,12-13,15,25H,2,4,8,10-11H2,1H3,(H,23,27)(H,24,26). The molecule has 2 aromatic rings. The van der Waals surface area contributed by atoms with Crippen LogP contribution in [-0.4, -0.2) is 36.4 Å². The average Bonchev–Trinajstić information content (AvgIpc) is 3.37. The van der Waals surface area contributed by atoms with Crippen LogP contribution in [0.15, 0.2) is 22.9 Å². The number of rotatable bonds is 7. The molecule has 3 N–H and O–H groups in total. The molecule has 2 heterocycles. The molecular formula is C21H23N3O4S2. The summed E-state index contributed by atoms with van der Waals surface area (Å²) >= 11 is 2.97. The first-order valence-corrected chi connectivity index (χ1v) is 11.4. The Hall–Kier alpha value is -2.67. The van der Waals surface area contributed by atoms with Gasteiger partial charge in [-0.3, -0.25) is 4.79 Å². The normalized spacial score (nSPS) is 16.5. The highest BCUT2D eigenvalue weighted by molar-refractivity contribution is 7.16. The minimum atomic E-state index is -0.545. The Labute approximate surface area is 183 Å². The van der Waals surface area contributed by atoms with Crippen LogP contribution in [0.3, 0.4) is 0 Å². The average molecular weight is 446 g/mol. The van der Waals surface area contributed by atoms with E-state index in [1.807, 2.05) is 16.8 Å². The molecule has 158 valence electrons. The van der Waals surface area contributed by atoms with Gasteiger partial charge >= 0.3 is 6.09 Å². The quantitative estimate of drug-likeness (QED) is 0.565. The van der Waals surface area contributed by atoms with Crippen LogP contribution in [0.4, 0.5) is 9.80 Å². The Morgan fingerprint density at radius 2 is 2.33 bits per heavy atom. The van der Waals surface area contributed by atoms with E-state index in [0.717, 1.165) is 22.4 Å². The third kappa shape index (κ3) is 5.69. The molecule has 3 rings (SSSR count).